The zero-order valence-electron chi connectivity index (χ0n) is 22.7. The Bertz CT molecular complexity index is 1180. The first-order valence-electron chi connectivity index (χ1n) is 12.8. The summed E-state index contributed by atoms with van der Waals surface area (Å²) >= 11 is 0. The van der Waals surface area contributed by atoms with Gasteiger partial charge >= 0.3 is 6.09 Å². The maximum atomic E-state index is 15.0. The summed E-state index contributed by atoms with van der Waals surface area (Å²) in [4.78, 5) is 33.5. The van der Waals surface area contributed by atoms with Gasteiger partial charge in [0.25, 0.3) is 5.91 Å². The summed E-state index contributed by atoms with van der Waals surface area (Å²) in [5.41, 5.74) is -2.85. The number of hydrogen-bond acceptors (Lipinski definition) is 6. The predicted molar refractivity (Wildman–Crippen MR) is 136 cm³/mol. The highest BCUT2D eigenvalue weighted by molar-refractivity contribution is 6.12. The molecular weight excluding hydrogens is 475 g/mol. The summed E-state index contributed by atoms with van der Waals surface area (Å²) in [6.45, 7) is 11.5. The van der Waals surface area contributed by atoms with Gasteiger partial charge in [0.15, 0.2) is 5.54 Å². The summed E-state index contributed by atoms with van der Waals surface area (Å²) in [7, 11) is 0. The van der Waals surface area contributed by atoms with E-state index in [9.17, 15) is 20.0 Å². The number of nitriles is 1. The van der Waals surface area contributed by atoms with E-state index in [4.69, 9.17) is 9.73 Å². The Kier molecular flexibility index (Phi) is 6.43. The van der Waals surface area contributed by atoms with Crippen LogP contribution in [-0.4, -0.2) is 51.9 Å². The second kappa shape index (κ2) is 8.80. The molecule has 0 saturated heterocycles. The predicted octanol–water partition coefficient (Wildman–Crippen LogP) is 4.19. The van der Waals surface area contributed by atoms with Gasteiger partial charge in [0.1, 0.15) is 11.3 Å². The number of carbonyl (C=O) groups is 2. The van der Waals surface area contributed by atoms with Crippen molar-refractivity contribution in [3.63, 3.8) is 0 Å². The molecule has 2 aliphatic carbocycles. The fraction of sp³-hybridized carbons (Fsp3) is 0.643. The molecular formula is C28H37FN4O4. The fourth-order valence-electron chi connectivity index (χ4n) is 6.57. The molecule has 8 nitrogen and oxygen atoms in total. The number of ether oxygens (including phenoxy) is 1. The smallest absolute Gasteiger partial charge is 0.414 e. The Morgan fingerprint density at radius 2 is 1.89 bits per heavy atom. The molecule has 1 saturated carbocycles. The highest BCUT2D eigenvalue weighted by atomic mass is 19.1. The molecule has 1 heterocycles. The van der Waals surface area contributed by atoms with Crippen LogP contribution in [0, 0.1) is 28.6 Å². The summed E-state index contributed by atoms with van der Waals surface area (Å²) in [6.07, 6.45) is 0.226. The molecule has 2 amide bonds. The van der Waals surface area contributed by atoms with Crippen molar-refractivity contribution in [1.82, 2.24) is 10.2 Å². The number of carbonyl (C=O) groups excluding carboxylic acids is 2. The van der Waals surface area contributed by atoms with E-state index in [1.54, 1.807) is 32.9 Å². The maximum absolute atomic E-state index is 15.0. The molecule has 9 heteroatoms. The number of nitrogens with zero attached hydrogens (tertiary/aromatic N) is 3. The van der Waals surface area contributed by atoms with Gasteiger partial charge in [-0.1, -0.05) is 19.9 Å². The molecule has 3 aliphatic rings. The number of benzene rings is 1. The van der Waals surface area contributed by atoms with E-state index in [1.165, 1.54) is 18.7 Å². The minimum atomic E-state index is -1.77. The number of alkyl carbamates (subject to hydrolysis) is 1. The number of aliphatic hydroxyl groups excluding tert-OH is 1. The van der Waals surface area contributed by atoms with Crippen molar-refractivity contribution in [2.45, 2.75) is 90.6 Å². The van der Waals surface area contributed by atoms with Crippen LogP contribution in [0.1, 0.15) is 78.0 Å². The number of alkyl halides is 1. The van der Waals surface area contributed by atoms with Crippen molar-refractivity contribution >= 4 is 18.0 Å². The van der Waals surface area contributed by atoms with Gasteiger partial charge < -0.3 is 9.84 Å². The molecule has 2 spiro atoms. The van der Waals surface area contributed by atoms with Crippen LogP contribution in [0.15, 0.2) is 23.2 Å². The quantitative estimate of drug-likeness (QED) is 0.617. The van der Waals surface area contributed by atoms with E-state index in [2.05, 4.69) is 11.4 Å². The molecule has 37 heavy (non-hydrogen) atoms. The second-order valence-corrected chi connectivity index (χ2v) is 12.7. The van der Waals surface area contributed by atoms with Crippen LogP contribution in [0.3, 0.4) is 0 Å². The first-order valence-corrected chi connectivity index (χ1v) is 12.8. The van der Waals surface area contributed by atoms with Crippen LogP contribution in [0.2, 0.25) is 0 Å². The standard InChI is InChI=1S/C28H37FN4O4/c1-16-11-27(12-17(2)21(16)34)13-19-9-8-18(14-30)10-20(19)28(27)22(35)33(15-26(6,7)29)23(32-28)31-24(36)37-25(3,4)5/h8-10,16-17,21,34H,11-13,15H2,1-7H3,(H,31,32,36)/t16-,17+,21?,27?,28-/m1/s1. The number of aliphatic hydroxyl groups is 1. The van der Waals surface area contributed by atoms with Crippen LogP contribution in [0.4, 0.5) is 9.18 Å². The molecule has 1 aromatic rings. The number of fused-ring (bicyclic) bond motifs is 3. The Morgan fingerprint density at radius 1 is 1.27 bits per heavy atom. The third-order valence-corrected chi connectivity index (χ3v) is 7.75. The van der Waals surface area contributed by atoms with Crippen LogP contribution < -0.4 is 5.32 Å². The van der Waals surface area contributed by atoms with Gasteiger partial charge in [0.05, 0.1) is 24.3 Å². The van der Waals surface area contributed by atoms with Crippen LogP contribution in [0.25, 0.3) is 0 Å². The summed E-state index contributed by atoms with van der Waals surface area (Å²) in [5, 5.41) is 23.0. The minimum Gasteiger partial charge on any atom is -0.444 e. The molecule has 0 radical (unpaired) electrons. The molecule has 5 atom stereocenters. The molecule has 1 aromatic carbocycles. The Labute approximate surface area is 217 Å². The van der Waals surface area contributed by atoms with Crippen molar-refractivity contribution in [2.75, 3.05) is 6.54 Å². The van der Waals surface area contributed by atoms with E-state index in [-0.39, 0.29) is 24.3 Å². The van der Waals surface area contributed by atoms with Crippen molar-refractivity contribution in [3.8, 4) is 6.07 Å². The van der Waals surface area contributed by atoms with E-state index in [0.29, 0.717) is 30.4 Å². The SMILES string of the molecule is C[C@@H]1CC2(Cc3ccc(C#N)cc3[C@]23N=C(NC(=O)OC(C)(C)C)N(CC(C)(C)F)C3=O)C[C@H](C)C1O. The average molecular weight is 513 g/mol. The molecule has 2 unspecified atom stereocenters. The highest BCUT2D eigenvalue weighted by Gasteiger charge is 2.68. The zero-order chi connectivity index (χ0) is 27.6. The van der Waals surface area contributed by atoms with Crippen molar-refractivity contribution < 1.29 is 23.8 Å². The first kappa shape index (κ1) is 27.1. The van der Waals surface area contributed by atoms with Crippen molar-refractivity contribution in [3.05, 3.63) is 34.9 Å². The van der Waals surface area contributed by atoms with Gasteiger partial charge in [-0.15, -0.1) is 0 Å². The van der Waals surface area contributed by atoms with Gasteiger partial charge in [-0.3, -0.25) is 15.0 Å². The number of rotatable bonds is 2. The molecule has 0 aromatic heterocycles. The van der Waals surface area contributed by atoms with Gasteiger partial charge in [-0.2, -0.15) is 5.26 Å². The van der Waals surface area contributed by atoms with Gasteiger partial charge in [0, 0.05) is 5.41 Å². The summed E-state index contributed by atoms with van der Waals surface area (Å²) in [6, 6.07) is 7.43. The summed E-state index contributed by atoms with van der Waals surface area (Å²) in [5.74, 6) is -0.718. The zero-order valence-corrected chi connectivity index (χ0v) is 22.7. The Hall–Kier alpha value is -2.99. The lowest BCUT2D eigenvalue weighted by Gasteiger charge is -2.49. The van der Waals surface area contributed by atoms with Gasteiger partial charge in [-0.25, -0.2) is 14.2 Å². The lowest BCUT2D eigenvalue weighted by atomic mass is 9.56. The van der Waals surface area contributed by atoms with Crippen LogP contribution >= 0.6 is 0 Å². The van der Waals surface area contributed by atoms with Crippen molar-refractivity contribution in [1.29, 1.82) is 5.26 Å². The average Bonchev–Trinajstić information content (AvgIpc) is 3.16. The largest absolute Gasteiger partial charge is 0.444 e. The molecule has 200 valence electrons. The second-order valence-electron chi connectivity index (χ2n) is 12.7. The monoisotopic (exact) mass is 512 g/mol. The number of hydrogen-bond donors (Lipinski definition) is 2. The van der Waals surface area contributed by atoms with E-state index in [0.717, 1.165) is 5.56 Å². The topological polar surface area (TPSA) is 115 Å². The van der Waals surface area contributed by atoms with Gasteiger partial charge in [0.2, 0.25) is 5.96 Å². The number of aliphatic imine (C=N–C) groups is 1. The van der Waals surface area contributed by atoms with E-state index in [1.807, 2.05) is 19.9 Å². The maximum Gasteiger partial charge on any atom is 0.414 e. The fourth-order valence-corrected chi connectivity index (χ4v) is 6.57. The minimum absolute atomic E-state index is 0.0639. The normalized spacial score (nSPS) is 31.4. The Morgan fingerprint density at radius 3 is 2.43 bits per heavy atom. The van der Waals surface area contributed by atoms with Gasteiger partial charge in [-0.05, 0) is 89.0 Å². The van der Waals surface area contributed by atoms with Crippen molar-refractivity contribution in [2.24, 2.45) is 22.2 Å². The lowest BCUT2D eigenvalue weighted by molar-refractivity contribution is -0.142. The lowest BCUT2D eigenvalue weighted by Crippen LogP contribution is -2.56. The molecule has 0 bridgehead atoms. The number of amides is 2. The third kappa shape index (κ3) is 4.61. The number of halogens is 1. The van der Waals surface area contributed by atoms with Crippen LogP contribution in [0.5, 0.6) is 0 Å². The van der Waals surface area contributed by atoms with E-state index < -0.39 is 40.3 Å². The summed E-state index contributed by atoms with van der Waals surface area (Å²) < 4.78 is 20.4. The van der Waals surface area contributed by atoms with Crippen LogP contribution in [-0.2, 0) is 21.5 Å². The first-order chi connectivity index (χ1) is 17.0. The third-order valence-electron chi connectivity index (χ3n) is 7.75. The molecule has 1 fully saturated rings. The molecule has 2 N–H and O–H groups in total. The number of guanidine groups is 1. The Balaban J connectivity index is 1.92. The van der Waals surface area contributed by atoms with E-state index >= 15 is 4.39 Å². The highest BCUT2D eigenvalue weighted by Crippen LogP contribution is 2.63. The molecule has 1 aliphatic heterocycles. The number of nitrogens with one attached hydrogen (secondary N) is 1. The molecule has 4 rings (SSSR count).